The Balaban J connectivity index is 1.21. The van der Waals surface area contributed by atoms with Crippen LogP contribution in [0.4, 0.5) is 5.95 Å². The average Bonchev–Trinajstić information content (AvgIpc) is 3.06. The Morgan fingerprint density at radius 3 is 2.56 bits per heavy atom. The highest BCUT2D eigenvalue weighted by Gasteiger charge is 2.71. The van der Waals surface area contributed by atoms with Gasteiger partial charge in [-0.05, 0) is 51.5 Å². The molecule has 4 aliphatic rings. The molecule has 2 aromatic rings. The van der Waals surface area contributed by atoms with Gasteiger partial charge in [-0.25, -0.2) is 26.1 Å². The molecular formula is C23H31N5O6S2. The molecule has 2 aromatic heterocycles. The number of hydrogen-bond donors (Lipinski definition) is 2. The SMILES string of the molecule is Cc1cc2cnc(NC3CCN(S(=O)(=O)C4CCS(=O)(=O)C4)CC3)nc2n([C@]23CCC[C@]2(O)C3)c1=O. The number of rotatable bonds is 5. The Morgan fingerprint density at radius 1 is 1.19 bits per heavy atom. The Bertz CT molecular complexity index is 1510. The van der Waals surface area contributed by atoms with Crippen LogP contribution in [0.2, 0.25) is 0 Å². The lowest BCUT2D eigenvalue weighted by Crippen LogP contribution is -2.46. The average molecular weight is 538 g/mol. The molecule has 2 N–H and O–H groups in total. The van der Waals surface area contributed by atoms with E-state index in [-0.39, 0.29) is 29.5 Å². The first-order valence-electron chi connectivity index (χ1n) is 12.5. The van der Waals surface area contributed by atoms with Gasteiger partial charge in [-0.15, -0.1) is 0 Å². The van der Waals surface area contributed by atoms with Crippen LogP contribution in [0, 0.1) is 6.92 Å². The lowest BCUT2D eigenvalue weighted by molar-refractivity contribution is 0.119. The third-order valence-electron chi connectivity index (χ3n) is 8.61. The van der Waals surface area contributed by atoms with Gasteiger partial charge >= 0.3 is 0 Å². The molecule has 2 saturated carbocycles. The summed E-state index contributed by atoms with van der Waals surface area (Å²) in [7, 11) is -6.94. The predicted octanol–water partition coefficient (Wildman–Crippen LogP) is 0.507. The van der Waals surface area contributed by atoms with Crippen molar-refractivity contribution in [1.82, 2.24) is 18.8 Å². The molecule has 196 valence electrons. The van der Waals surface area contributed by atoms with Crippen molar-refractivity contribution in [2.45, 2.75) is 74.3 Å². The molecule has 11 nitrogen and oxygen atoms in total. The molecule has 4 heterocycles. The van der Waals surface area contributed by atoms with Gasteiger partial charge in [-0.3, -0.25) is 9.36 Å². The third kappa shape index (κ3) is 3.69. The van der Waals surface area contributed by atoms with E-state index in [0.29, 0.717) is 55.9 Å². The van der Waals surface area contributed by atoms with Crippen LogP contribution in [0.25, 0.3) is 11.0 Å². The number of hydrogen-bond acceptors (Lipinski definition) is 9. The van der Waals surface area contributed by atoms with Crippen molar-refractivity contribution in [3.8, 4) is 0 Å². The van der Waals surface area contributed by atoms with Crippen molar-refractivity contribution >= 4 is 36.8 Å². The number of sulfonamides is 1. The minimum Gasteiger partial charge on any atom is -0.387 e. The van der Waals surface area contributed by atoms with Crippen LogP contribution in [-0.2, 0) is 25.4 Å². The summed E-state index contributed by atoms with van der Waals surface area (Å²) < 4.78 is 52.5. The van der Waals surface area contributed by atoms with E-state index in [0.717, 1.165) is 18.2 Å². The number of pyridine rings is 1. The summed E-state index contributed by atoms with van der Waals surface area (Å²) in [6.45, 7) is 2.36. The van der Waals surface area contributed by atoms with Crippen LogP contribution < -0.4 is 10.9 Å². The van der Waals surface area contributed by atoms with Crippen LogP contribution in [0.3, 0.4) is 0 Å². The van der Waals surface area contributed by atoms with Crippen LogP contribution in [0.1, 0.15) is 50.5 Å². The highest BCUT2D eigenvalue weighted by Crippen LogP contribution is 2.64. The number of sulfone groups is 1. The first kappa shape index (κ1) is 24.3. The Labute approximate surface area is 209 Å². The fourth-order valence-electron chi connectivity index (χ4n) is 6.50. The maximum absolute atomic E-state index is 13.2. The van der Waals surface area contributed by atoms with Gasteiger partial charge < -0.3 is 10.4 Å². The molecular weight excluding hydrogens is 506 g/mol. The Kier molecular flexibility index (Phi) is 5.36. The Morgan fingerprint density at radius 2 is 1.94 bits per heavy atom. The molecule has 3 atom stereocenters. The molecule has 2 aliphatic heterocycles. The standard InChI is InChI=1S/C23H31N5O6S2/c1-15-11-16-12-24-21(26-19(16)28(20(15)29)22-6-2-7-23(22,30)14-22)25-17-3-8-27(9-4-17)36(33,34)18-5-10-35(31,32)13-18/h11-12,17-18,30H,2-10,13-14H2,1H3,(H,24,25,26)/t18?,22-,23-/m0/s1. The van der Waals surface area contributed by atoms with Crippen LogP contribution in [-0.4, -0.2) is 82.3 Å². The number of nitrogens with one attached hydrogen (secondary N) is 1. The highest BCUT2D eigenvalue weighted by atomic mass is 32.2. The monoisotopic (exact) mass is 537 g/mol. The molecule has 6 rings (SSSR count). The normalized spacial score (nSPS) is 32.6. The van der Waals surface area contributed by atoms with E-state index in [9.17, 15) is 26.7 Å². The lowest BCUT2D eigenvalue weighted by Gasteiger charge is -2.33. The van der Waals surface area contributed by atoms with E-state index < -0.39 is 36.3 Å². The van der Waals surface area contributed by atoms with Gasteiger partial charge in [0.25, 0.3) is 5.56 Å². The van der Waals surface area contributed by atoms with Gasteiger partial charge in [-0.1, -0.05) is 0 Å². The zero-order chi connectivity index (χ0) is 25.5. The predicted molar refractivity (Wildman–Crippen MR) is 134 cm³/mol. The van der Waals surface area contributed by atoms with Crippen LogP contribution in [0.5, 0.6) is 0 Å². The highest BCUT2D eigenvalue weighted by molar-refractivity contribution is 7.95. The van der Waals surface area contributed by atoms with Crippen molar-refractivity contribution in [3.05, 3.63) is 28.2 Å². The summed E-state index contributed by atoms with van der Waals surface area (Å²) in [6.07, 6.45) is 5.74. The lowest BCUT2D eigenvalue weighted by atomic mass is 10.1. The quantitative estimate of drug-likeness (QED) is 0.556. The molecule has 13 heteroatoms. The van der Waals surface area contributed by atoms with Crippen LogP contribution in [0.15, 0.2) is 17.1 Å². The van der Waals surface area contributed by atoms with E-state index in [2.05, 4.69) is 10.3 Å². The minimum absolute atomic E-state index is 0.0608. The fourth-order valence-corrected chi connectivity index (χ4v) is 11.1. The van der Waals surface area contributed by atoms with E-state index >= 15 is 0 Å². The Hall–Kier alpha value is -2.09. The van der Waals surface area contributed by atoms with Gasteiger partial charge in [0, 0.05) is 42.7 Å². The maximum atomic E-state index is 13.2. The van der Waals surface area contributed by atoms with E-state index in [1.54, 1.807) is 23.8 Å². The molecule has 0 radical (unpaired) electrons. The smallest absolute Gasteiger partial charge is 0.255 e. The molecule has 0 amide bonds. The van der Waals surface area contributed by atoms with E-state index in [4.69, 9.17) is 4.98 Å². The first-order chi connectivity index (χ1) is 16.9. The summed E-state index contributed by atoms with van der Waals surface area (Å²) in [6, 6.07) is 1.71. The van der Waals surface area contributed by atoms with Gasteiger partial charge in [0.1, 0.15) is 5.65 Å². The topological polar surface area (TPSA) is 152 Å². The zero-order valence-corrected chi connectivity index (χ0v) is 21.8. The maximum Gasteiger partial charge on any atom is 0.255 e. The third-order valence-corrected chi connectivity index (χ3v) is 12.9. The molecule has 2 saturated heterocycles. The molecule has 0 aromatic carbocycles. The molecule has 2 aliphatic carbocycles. The second kappa shape index (κ2) is 7.95. The van der Waals surface area contributed by atoms with E-state index in [1.807, 2.05) is 0 Å². The van der Waals surface area contributed by atoms with E-state index in [1.165, 1.54) is 4.31 Å². The number of piperidine rings is 1. The zero-order valence-electron chi connectivity index (χ0n) is 20.2. The molecule has 36 heavy (non-hydrogen) atoms. The largest absolute Gasteiger partial charge is 0.387 e. The number of nitrogens with zero attached hydrogens (tertiary/aromatic N) is 4. The van der Waals surface area contributed by atoms with Gasteiger partial charge in [0.05, 0.1) is 27.9 Å². The first-order valence-corrected chi connectivity index (χ1v) is 15.8. The van der Waals surface area contributed by atoms with Gasteiger partial charge in [0.2, 0.25) is 16.0 Å². The number of aliphatic hydroxyl groups is 1. The van der Waals surface area contributed by atoms with Crippen molar-refractivity contribution in [3.63, 3.8) is 0 Å². The number of anilines is 1. The molecule has 0 bridgehead atoms. The molecule has 0 spiro atoms. The molecule has 1 unspecified atom stereocenters. The van der Waals surface area contributed by atoms with Gasteiger partial charge in [-0.2, -0.15) is 4.98 Å². The minimum atomic E-state index is -3.66. The second-order valence-electron chi connectivity index (χ2n) is 10.9. The fraction of sp³-hybridized carbons (Fsp3) is 0.696. The molecule has 4 fully saturated rings. The summed E-state index contributed by atoms with van der Waals surface area (Å²) in [4.78, 5) is 22.3. The van der Waals surface area contributed by atoms with Crippen molar-refractivity contribution in [1.29, 1.82) is 0 Å². The summed E-state index contributed by atoms with van der Waals surface area (Å²) in [5.41, 5.74) is -0.507. The van der Waals surface area contributed by atoms with Crippen molar-refractivity contribution in [2.75, 3.05) is 29.9 Å². The van der Waals surface area contributed by atoms with Crippen molar-refractivity contribution in [2.24, 2.45) is 0 Å². The summed E-state index contributed by atoms with van der Waals surface area (Å²) in [5, 5.41) is 14.1. The van der Waals surface area contributed by atoms with Gasteiger partial charge in [0.15, 0.2) is 9.84 Å². The number of aryl methyl sites for hydroxylation is 1. The number of fused-ring (bicyclic) bond motifs is 2. The number of aromatic nitrogens is 3. The second-order valence-corrected chi connectivity index (χ2v) is 15.4. The summed E-state index contributed by atoms with van der Waals surface area (Å²) >= 11 is 0. The summed E-state index contributed by atoms with van der Waals surface area (Å²) in [5.74, 6) is -0.00502. The van der Waals surface area contributed by atoms with Crippen molar-refractivity contribution < 1.29 is 21.9 Å². The van der Waals surface area contributed by atoms with Crippen LogP contribution >= 0.6 is 0 Å².